The molecule has 0 unspecified atom stereocenters. The average Bonchev–Trinajstić information content (AvgIpc) is 2.57. The fraction of sp³-hybridized carbons (Fsp3) is 0.263. The van der Waals surface area contributed by atoms with Crippen molar-refractivity contribution in [1.82, 2.24) is 15.1 Å². The molecule has 0 saturated carbocycles. The predicted molar refractivity (Wildman–Crippen MR) is 95.1 cm³/mol. The first-order valence-electron chi connectivity index (χ1n) is 8.04. The quantitative estimate of drug-likeness (QED) is 0.758. The van der Waals surface area contributed by atoms with Gasteiger partial charge in [0, 0.05) is 17.5 Å². The lowest BCUT2D eigenvalue weighted by atomic mass is 10.1. The number of hydrogen-bond acceptors (Lipinski definition) is 4. The summed E-state index contributed by atoms with van der Waals surface area (Å²) in [5.41, 5.74) is 0.924. The molecule has 24 heavy (non-hydrogen) atoms. The molecular formula is C19H21N3O2. The highest BCUT2D eigenvalue weighted by molar-refractivity contribution is 5.80. The van der Waals surface area contributed by atoms with Crippen molar-refractivity contribution in [1.29, 1.82) is 0 Å². The van der Waals surface area contributed by atoms with E-state index < -0.39 is 0 Å². The molecule has 124 valence electrons. The van der Waals surface area contributed by atoms with Crippen LogP contribution in [0.25, 0.3) is 10.8 Å². The zero-order valence-electron chi connectivity index (χ0n) is 13.8. The van der Waals surface area contributed by atoms with Gasteiger partial charge < -0.3 is 10.4 Å². The number of nitrogens with zero attached hydrogens (tertiary/aromatic N) is 2. The molecule has 2 atom stereocenters. The summed E-state index contributed by atoms with van der Waals surface area (Å²) >= 11 is 0. The van der Waals surface area contributed by atoms with Gasteiger partial charge in [-0.1, -0.05) is 30.3 Å². The van der Waals surface area contributed by atoms with Gasteiger partial charge in [-0.15, -0.1) is 0 Å². The van der Waals surface area contributed by atoms with Crippen LogP contribution in [0.2, 0.25) is 0 Å². The zero-order chi connectivity index (χ0) is 17.1. The third kappa shape index (κ3) is 3.46. The maximum Gasteiger partial charge on any atom is 0.274 e. The molecule has 0 aliphatic rings. The lowest BCUT2D eigenvalue weighted by Crippen LogP contribution is -2.36. The van der Waals surface area contributed by atoms with Crippen molar-refractivity contribution < 1.29 is 5.11 Å². The normalized spacial score (nSPS) is 13.8. The van der Waals surface area contributed by atoms with Gasteiger partial charge in [-0.25, -0.2) is 4.68 Å². The Morgan fingerprint density at radius 1 is 1.17 bits per heavy atom. The molecule has 5 nitrogen and oxygen atoms in total. The van der Waals surface area contributed by atoms with E-state index in [9.17, 15) is 9.90 Å². The van der Waals surface area contributed by atoms with Gasteiger partial charge in [-0.3, -0.25) is 4.79 Å². The number of benzene rings is 2. The van der Waals surface area contributed by atoms with Crippen LogP contribution < -0.4 is 10.9 Å². The summed E-state index contributed by atoms with van der Waals surface area (Å²) < 4.78 is 1.50. The third-order valence-electron chi connectivity index (χ3n) is 4.11. The van der Waals surface area contributed by atoms with Crippen LogP contribution in [0, 0.1) is 0 Å². The Labute approximate surface area is 140 Å². The van der Waals surface area contributed by atoms with Crippen LogP contribution in [0.3, 0.4) is 0 Å². The topological polar surface area (TPSA) is 67.2 Å². The van der Waals surface area contributed by atoms with E-state index in [0.717, 1.165) is 10.9 Å². The molecular weight excluding hydrogens is 302 g/mol. The van der Waals surface area contributed by atoms with Gasteiger partial charge in [0.15, 0.2) is 0 Å². The molecule has 2 aromatic carbocycles. The van der Waals surface area contributed by atoms with Gasteiger partial charge >= 0.3 is 0 Å². The lowest BCUT2D eigenvalue weighted by molar-refractivity contribution is 0.403. The molecule has 0 spiro atoms. The Balaban J connectivity index is 1.74. The summed E-state index contributed by atoms with van der Waals surface area (Å²) in [5.74, 6) is 0.251. The van der Waals surface area contributed by atoms with E-state index in [4.69, 9.17) is 0 Å². The Hall–Kier alpha value is -2.66. The molecule has 0 fully saturated rings. The third-order valence-corrected chi connectivity index (χ3v) is 4.11. The predicted octanol–water partition coefficient (Wildman–Crippen LogP) is 2.84. The van der Waals surface area contributed by atoms with Crippen molar-refractivity contribution in [2.24, 2.45) is 0 Å². The van der Waals surface area contributed by atoms with Gasteiger partial charge in [-0.05, 0) is 37.6 Å². The van der Waals surface area contributed by atoms with Crippen molar-refractivity contribution in [3.8, 4) is 5.75 Å². The second-order valence-corrected chi connectivity index (χ2v) is 6.10. The van der Waals surface area contributed by atoms with Crippen LogP contribution in [-0.4, -0.2) is 20.9 Å². The van der Waals surface area contributed by atoms with Crippen molar-refractivity contribution in [2.75, 3.05) is 0 Å². The van der Waals surface area contributed by atoms with E-state index >= 15 is 0 Å². The molecule has 1 heterocycles. The number of rotatable bonds is 5. The number of phenols is 1. The molecule has 0 bridgehead atoms. The van der Waals surface area contributed by atoms with Crippen LogP contribution in [0.15, 0.2) is 59.5 Å². The molecule has 2 N–H and O–H groups in total. The Bertz CT molecular complexity index is 904. The summed E-state index contributed by atoms with van der Waals surface area (Å²) in [7, 11) is 0. The molecule has 3 rings (SSSR count). The first kappa shape index (κ1) is 16.2. The molecule has 0 aliphatic carbocycles. The summed E-state index contributed by atoms with van der Waals surface area (Å²) in [6, 6.07) is 14.8. The number of aromatic nitrogens is 2. The summed E-state index contributed by atoms with van der Waals surface area (Å²) in [5, 5.41) is 18.8. The van der Waals surface area contributed by atoms with Gasteiger partial charge in [-0.2, -0.15) is 5.10 Å². The first-order chi connectivity index (χ1) is 11.5. The molecule has 0 amide bonds. The smallest absolute Gasteiger partial charge is 0.274 e. The SMILES string of the molecule is C[C@@H](Cn1ncc2ccccc2c1=O)N[C@H](C)c1cccc(O)c1. The number of aromatic hydroxyl groups is 1. The molecule has 0 saturated heterocycles. The van der Waals surface area contributed by atoms with Crippen LogP contribution >= 0.6 is 0 Å². The van der Waals surface area contributed by atoms with Gasteiger partial charge in [0.2, 0.25) is 0 Å². The summed E-state index contributed by atoms with van der Waals surface area (Å²) in [4.78, 5) is 12.5. The highest BCUT2D eigenvalue weighted by Gasteiger charge is 2.12. The van der Waals surface area contributed by atoms with Crippen LogP contribution in [0.5, 0.6) is 5.75 Å². The van der Waals surface area contributed by atoms with Crippen molar-refractivity contribution in [3.05, 3.63) is 70.6 Å². The fourth-order valence-electron chi connectivity index (χ4n) is 2.89. The van der Waals surface area contributed by atoms with Gasteiger partial charge in [0.25, 0.3) is 5.56 Å². The molecule has 1 aromatic heterocycles. The average molecular weight is 323 g/mol. The Morgan fingerprint density at radius 3 is 2.75 bits per heavy atom. The highest BCUT2D eigenvalue weighted by Crippen LogP contribution is 2.18. The highest BCUT2D eigenvalue weighted by atomic mass is 16.3. The minimum Gasteiger partial charge on any atom is -0.508 e. The minimum absolute atomic E-state index is 0.0497. The standard InChI is InChI=1S/C19H21N3O2/c1-13(21-14(2)15-7-5-8-17(23)10-15)12-22-19(24)18-9-4-3-6-16(18)11-20-22/h3-11,13-14,21,23H,12H2,1-2H3/t13-,14+/m0/s1. The van der Waals surface area contributed by atoms with Gasteiger partial charge in [0.05, 0.1) is 18.1 Å². The van der Waals surface area contributed by atoms with E-state index in [1.165, 1.54) is 4.68 Å². The zero-order valence-corrected chi connectivity index (χ0v) is 13.8. The second kappa shape index (κ2) is 6.84. The largest absolute Gasteiger partial charge is 0.508 e. The number of hydrogen-bond donors (Lipinski definition) is 2. The molecule has 0 radical (unpaired) electrons. The van der Waals surface area contributed by atoms with Crippen LogP contribution in [-0.2, 0) is 6.54 Å². The van der Waals surface area contributed by atoms with E-state index in [2.05, 4.69) is 10.4 Å². The monoisotopic (exact) mass is 323 g/mol. The maximum absolute atomic E-state index is 12.5. The summed E-state index contributed by atoms with van der Waals surface area (Å²) in [6.45, 7) is 4.53. The Morgan fingerprint density at radius 2 is 1.96 bits per heavy atom. The van der Waals surface area contributed by atoms with E-state index in [0.29, 0.717) is 11.9 Å². The van der Waals surface area contributed by atoms with Crippen molar-refractivity contribution >= 4 is 10.8 Å². The molecule has 3 aromatic rings. The van der Waals surface area contributed by atoms with E-state index in [1.54, 1.807) is 18.3 Å². The maximum atomic E-state index is 12.5. The number of fused-ring (bicyclic) bond motifs is 1. The minimum atomic E-state index is -0.0771. The van der Waals surface area contributed by atoms with E-state index in [-0.39, 0.29) is 23.4 Å². The second-order valence-electron chi connectivity index (χ2n) is 6.10. The molecule has 5 heteroatoms. The molecule has 0 aliphatic heterocycles. The first-order valence-corrected chi connectivity index (χ1v) is 8.04. The lowest BCUT2D eigenvalue weighted by Gasteiger charge is -2.21. The number of phenolic OH excluding ortho intramolecular Hbond substituents is 1. The van der Waals surface area contributed by atoms with Gasteiger partial charge in [0.1, 0.15) is 5.75 Å². The fourth-order valence-corrected chi connectivity index (χ4v) is 2.89. The van der Waals surface area contributed by atoms with Crippen LogP contribution in [0.4, 0.5) is 0 Å². The summed E-state index contributed by atoms with van der Waals surface area (Å²) in [6.07, 6.45) is 1.72. The van der Waals surface area contributed by atoms with Crippen LogP contribution in [0.1, 0.15) is 25.5 Å². The van der Waals surface area contributed by atoms with E-state index in [1.807, 2.05) is 50.2 Å². The van der Waals surface area contributed by atoms with Crippen molar-refractivity contribution in [3.63, 3.8) is 0 Å². The number of nitrogens with one attached hydrogen (secondary N) is 1. The van der Waals surface area contributed by atoms with Crippen molar-refractivity contribution in [2.45, 2.75) is 32.5 Å². The Kier molecular flexibility index (Phi) is 4.62.